The highest BCUT2D eigenvalue weighted by Crippen LogP contribution is 2.62. The van der Waals surface area contributed by atoms with Crippen molar-refractivity contribution in [3.05, 3.63) is 153 Å². The summed E-state index contributed by atoms with van der Waals surface area (Å²) < 4.78 is 32.4. The van der Waals surface area contributed by atoms with Crippen LogP contribution >= 0.6 is 0 Å². The number of hydrogen-bond donors (Lipinski definition) is 3. The number of fused-ring (bicyclic) bond motifs is 2. The summed E-state index contributed by atoms with van der Waals surface area (Å²) in [6.45, 7) is 3.71. The number of allylic oxidation sites excluding steroid dienone is 1. The second kappa shape index (κ2) is 24.0. The zero-order valence-corrected chi connectivity index (χ0v) is 38.2. The van der Waals surface area contributed by atoms with Crippen molar-refractivity contribution in [2.45, 2.75) is 69.3 Å². The van der Waals surface area contributed by atoms with Crippen molar-refractivity contribution in [2.24, 2.45) is 22.9 Å². The molecule has 69 heavy (non-hydrogen) atoms. The van der Waals surface area contributed by atoms with Gasteiger partial charge in [-0.25, -0.2) is 4.79 Å². The van der Waals surface area contributed by atoms with E-state index in [4.69, 9.17) is 33.7 Å². The topological polar surface area (TPSA) is 235 Å². The van der Waals surface area contributed by atoms with Crippen LogP contribution in [0.25, 0.3) is 0 Å². The molecule has 6 atom stereocenters. The Kier molecular flexibility index (Phi) is 17.5. The third kappa shape index (κ3) is 12.0. The van der Waals surface area contributed by atoms with E-state index in [9.17, 15) is 40.3 Å². The molecule has 0 radical (unpaired) electrons. The molecule has 1 heterocycles. The first-order valence-corrected chi connectivity index (χ1v) is 23.2. The minimum Gasteiger partial charge on any atom is -0.459 e. The Hall–Kier alpha value is -6.70. The van der Waals surface area contributed by atoms with Crippen LogP contribution in [0.4, 0.5) is 16.2 Å². The average molecular weight is 951 g/mol. The predicted molar refractivity (Wildman–Crippen MR) is 253 cm³/mol. The summed E-state index contributed by atoms with van der Waals surface area (Å²) in [5, 5.41) is 57.7. The molecule has 1 amide bonds. The van der Waals surface area contributed by atoms with E-state index in [2.05, 4.69) is 12.7 Å². The van der Waals surface area contributed by atoms with E-state index in [1.165, 1.54) is 41.3 Å². The first-order chi connectivity index (χ1) is 33.6. The van der Waals surface area contributed by atoms with Crippen LogP contribution in [0.5, 0.6) is 23.0 Å². The minimum atomic E-state index is -1.69. The summed E-state index contributed by atoms with van der Waals surface area (Å²) in [6.07, 6.45) is 6.85. The maximum Gasteiger partial charge on any atom is 0.415 e. The maximum atomic E-state index is 14.8. The number of nitrogens with zero attached hydrogens (tertiary/aromatic N) is 4. The maximum absolute atomic E-state index is 14.8. The first kappa shape index (κ1) is 50.2. The average Bonchev–Trinajstić information content (AvgIpc) is 3.35. The quantitative estimate of drug-likeness (QED) is 0.0244. The molecule has 1 aliphatic heterocycles. The van der Waals surface area contributed by atoms with Crippen molar-refractivity contribution in [1.29, 1.82) is 0 Å². The van der Waals surface area contributed by atoms with Crippen LogP contribution in [0.3, 0.4) is 0 Å². The van der Waals surface area contributed by atoms with Crippen LogP contribution in [-0.4, -0.2) is 99.9 Å². The van der Waals surface area contributed by atoms with Gasteiger partial charge in [0.05, 0.1) is 54.0 Å². The van der Waals surface area contributed by atoms with Gasteiger partial charge in [-0.1, -0.05) is 66.5 Å². The smallest absolute Gasteiger partial charge is 0.415 e. The SMILES string of the molecule is C=CCO[C@@]12Oc3ccc(Oc4cccc([N+](=O)[O-])c4)cc3[C@H]3[C@H](CCCCO)[C@@H](CCCCO)C=C(C(=NOCc4ccccc4)C[C@@H]1N(CCOCCO)C(=O)Oc1ccc([N+](=O)[O-])cc1)[C@H]32. The summed E-state index contributed by atoms with van der Waals surface area (Å²) in [4.78, 5) is 44.6. The molecule has 366 valence electrons. The molecular weight excluding hydrogens is 893 g/mol. The highest BCUT2D eigenvalue weighted by atomic mass is 16.7. The standard InChI is InChI=1S/C51H58N4O14/c1-2-27-65-51-47(53(23-28-64-29-26-58)50(59)68-39-19-17-37(18-20-39)54(60)61)33-45(52-66-34-35-11-4-3-5-12-35)43-30-36(13-6-8-24-56)42(16-7-9-25-57)48(49(43)51)44-32-41(21-22-46(44)69-51)67-40-15-10-14-38(31-40)55(62)63/h2-5,10-12,14-15,17-22,30-32,36,42,47-49,56-58H,1,6-9,13,16,23-29,33-34H2/t36-,42+,47-,48+,49+,51+/m0/s1. The van der Waals surface area contributed by atoms with Gasteiger partial charge in [0.2, 0.25) is 5.79 Å². The fourth-order valence-corrected chi connectivity index (χ4v) is 9.77. The summed E-state index contributed by atoms with van der Waals surface area (Å²) in [7, 11) is 0. The van der Waals surface area contributed by atoms with E-state index < -0.39 is 39.6 Å². The lowest BCUT2D eigenvalue weighted by molar-refractivity contribution is -0.385. The normalized spacial score (nSPS) is 21.8. The van der Waals surface area contributed by atoms with Gasteiger partial charge in [0.25, 0.3) is 11.4 Å². The number of nitro groups is 2. The van der Waals surface area contributed by atoms with E-state index >= 15 is 0 Å². The van der Waals surface area contributed by atoms with Crippen molar-refractivity contribution < 1.29 is 58.5 Å². The summed E-state index contributed by atoms with van der Waals surface area (Å²) in [5.74, 6) is -1.94. The molecule has 0 unspecified atom stereocenters. The lowest BCUT2D eigenvalue weighted by Gasteiger charge is -2.59. The monoisotopic (exact) mass is 950 g/mol. The fourth-order valence-electron chi connectivity index (χ4n) is 9.77. The number of hydrogen-bond acceptors (Lipinski definition) is 15. The van der Waals surface area contributed by atoms with Crippen LogP contribution < -0.4 is 14.2 Å². The zero-order valence-electron chi connectivity index (χ0n) is 38.2. The molecule has 0 saturated heterocycles. The second-order valence-electron chi connectivity index (χ2n) is 17.0. The number of unbranched alkanes of at least 4 members (excludes halogenated alkanes) is 2. The molecule has 1 saturated carbocycles. The third-order valence-electron chi connectivity index (χ3n) is 12.7. The van der Waals surface area contributed by atoms with E-state index in [-0.39, 0.29) is 93.9 Å². The van der Waals surface area contributed by atoms with Gasteiger partial charge in [-0.15, -0.1) is 6.58 Å². The predicted octanol–water partition coefficient (Wildman–Crippen LogP) is 8.64. The molecular formula is C51H58N4O14. The number of aliphatic hydroxyl groups excluding tert-OH is 3. The number of ether oxygens (including phenoxy) is 5. The molecule has 4 aromatic rings. The van der Waals surface area contributed by atoms with Gasteiger partial charge >= 0.3 is 6.09 Å². The highest BCUT2D eigenvalue weighted by molar-refractivity contribution is 6.03. The van der Waals surface area contributed by atoms with Crippen molar-refractivity contribution in [3.63, 3.8) is 0 Å². The number of carbonyl (C=O) groups excluding carboxylic acids is 1. The van der Waals surface area contributed by atoms with Crippen LogP contribution in [0, 0.1) is 38.0 Å². The van der Waals surface area contributed by atoms with Gasteiger partial charge in [0, 0.05) is 55.9 Å². The van der Waals surface area contributed by atoms with Gasteiger partial charge in [0.15, 0.2) is 0 Å². The van der Waals surface area contributed by atoms with E-state index in [1.807, 2.05) is 36.4 Å². The van der Waals surface area contributed by atoms with Gasteiger partial charge in [0.1, 0.15) is 35.6 Å². The van der Waals surface area contributed by atoms with Crippen molar-refractivity contribution in [3.8, 4) is 23.0 Å². The number of benzene rings is 4. The number of non-ortho nitro benzene ring substituents is 2. The van der Waals surface area contributed by atoms with E-state index in [1.54, 1.807) is 30.3 Å². The summed E-state index contributed by atoms with van der Waals surface area (Å²) >= 11 is 0. The van der Waals surface area contributed by atoms with Gasteiger partial charge < -0.3 is 43.8 Å². The Morgan fingerprint density at radius 2 is 1.57 bits per heavy atom. The number of aliphatic hydroxyl groups is 3. The first-order valence-electron chi connectivity index (χ1n) is 23.2. The molecule has 18 nitrogen and oxygen atoms in total. The number of nitro benzene ring substituents is 2. The molecule has 0 aromatic heterocycles. The van der Waals surface area contributed by atoms with Crippen LogP contribution in [0.15, 0.2) is 127 Å². The second-order valence-corrected chi connectivity index (χ2v) is 17.0. The van der Waals surface area contributed by atoms with Gasteiger partial charge in [-0.05, 0) is 85.1 Å². The molecule has 3 N–H and O–H groups in total. The number of oxime groups is 1. The fraction of sp³-hybridized carbons (Fsp3) is 0.412. The summed E-state index contributed by atoms with van der Waals surface area (Å²) in [5.41, 5.74) is 2.59. The van der Waals surface area contributed by atoms with Crippen molar-refractivity contribution >= 4 is 23.2 Å². The van der Waals surface area contributed by atoms with E-state index in [0.717, 1.165) is 16.7 Å². The molecule has 1 fully saturated rings. The van der Waals surface area contributed by atoms with Crippen LogP contribution in [0.1, 0.15) is 62.0 Å². The number of amides is 1. The lowest BCUT2D eigenvalue weighted by atomic mass is 9.55. The molecule has 0 spiro atoms. The number of carbonyl (C=O) groups is 1. The highest BCUT2D eigenvalue weighted by Gasteiger charge is 2.65. The molecule has 7 rings (SSSR count). The van der Waals surface area contributed by atoms with Gasteiger partial charge in [-0.3, -0.25) is 25.1 Å². The van der Waals surface area contributed by atoms with Crippen molar-refractivity contribution in [1.82, 2.24) is 4.90 Å². The van der Waals surface area contributed by atoms with Gasteiger partial charge in [-0.2, -0.15) is 0 Å². The van der Waals surface area contributed by atoms with Crippen LogP contribution in [-0.2, 0) is 20.9 Å². The van der Waals surface area contributed by atoms with Crippen molar-refractivity contribution in [2.75, 3.05) is 46.2 Å². The molecule has 0 bridgehead atoms. The Bertz CT molecular complexity index is 2450. The zero-order chi connectivity index (χ0) is 48.8. The Balaban J connectivity index is 1.43. The Morgan fingerprint density at radius 3 is 2.28 bits per heavy atom. The largest absolute Gasteiger partial charge is 0.459 e. The minimum absolute atomic E-state index is 0.00775. The third-order valence-corrected chi connectivity index (χ3v) is 12.7. The number of rotatable bonds is 25. The summed E-state index contributed by atoms with van der Waals surface area (Å²) in [6, 6.07) is 24.9. The lowest BCUT2D eigenvalue weighted by Crippen LogP contribution is -2.70. The Morgan fingerprint density at radius 1 is 0.841 bits per heavy atom. The molecule has 3 aliphatic rings. The van der Waals surface area contributed by atoms with Crippen LogP contribution in [0.2, 0.25) is 0 Å². The molecule has 2 aliphatic carbocycles. The Labute approximate surface area is 399 Å². The molecule has 18 heteroatoms. The molecule has 4 aromatic carbocycles. The van der Waals surface area contributed by atoms with E-state index in [0.29, 0.717) is 55.7 Å².